The minimum atomic E-state index is -1.10. The van der Waals surface area contributed by atoms with E-state index in [9.17, 15) is 0 Å². The molecular formula is C14H25NSi. The fourth-order valence-electron chi connectivity index (χ4n) is 1.91. The molecule has 0 fully saturated rings. The van der Waals surface area contributed by atoms with Gasteiger partial charge in [0, 0.05) is 6.54 Å². The molecule has 2 heteroatoms. The molecule has 1 nitrogen and oxygen atoms in total. The predicted octanol–water partition coefficient (Wildman–Crippen LogP) is 3.73. The number of rotatable bonds is 4. The van der Waals surface area contributed by atoms with E-state index in [2.05, 4.69) is 69.8 Å². The summed E-state index contributed by atoms with van der Waals surface area (Å²) in [6, 6.07) is 8.90. The van der Waals surface area contributed by atoms with Gasteiger partial charge in [-0.05, 0) is 30.8 Å². The second-order valence-electron chi connectivity index (χ2n) is 6.02. The van der Waals surface area contributed by atoms with Crippen molar-refractivity contribution in [1.29, 1.82) is 0 Å². The average molecular weight is 235 g/mol. The highest BCUT2D eigenvalue weighted by molar-refractivity contribution is 6.77. The monoisotopic (exact) mass is 235 g/mol. The van der Waals surface area contributed by atoms with Gasteiger partial charge in [0.25, 0.3) is 0 Å². The molecule has 0 aromatic heterocycles. The molecule has 0 aliphatic rings. The minimum absolute atomic E-state index is 0.726. The fraction of sp³-hybridized carbons (Fsp3) is 0.571. The number of hydrogen-bond acceptors (Lipinski definition) is 1. The summed E-state index contributed by atoms with van der Waals surface area (Å²) in [5.41, 5.74) is 3.77. The van der Waals surface area contributed by atoms with Gasteiger partial charge in [0.05, 0.1) is 8.07 Å². The van der Waals surface area contributed by atoms with Crippen LogP contribution in [0.15, 0.2) is 24.3 Å². The molecule has 1 atom stereocenters. The largest absolute Gasteiger partial charge is 0.305 e. The number of benzene rings is 1. The molecule has 0 bridgehead atoms. The topological polar surface area (TPSA) is 3.24 Å². The molecule has 1 aromatic rings. The van der Waals surface area contributed by atoms with Crippen molar-refractivity contribution in [2.75, 3.05) is 14.1 Å². The Labute approximate surface area is 101 Å². The molecule has 0 saturated heterocycles. The molecule has 0 radical (unpaired) electrons. The van der Waals surface area contributed by atoms with E-state index in [0.717, 1.165) is 12.1 Å². The molecule has 0 spiro atoms. The molecule has 0 N–H and O–H groups in total. The Morgan fingerprint density at radius 2 is 1.69 bits per heavy atom. The van der Waals surface area contributed by atoms with Crippen molar-refractivity contribution in [3.8, 4) is 0 Å². The normalized spacial score (nSPS) is 14.2. The fourth-order valence-corrected chi connectivity index (χ4v) is 3.12. The van der Waals surface area contributed by atoms with Crippen LogP contribution in [0.25, 0.3) is 0 Å². The predicted molar refractivity (Wildman–Crippen MR) is 75.6 cm³/mol. The van der Waals surface area contributed by atoms with Crippen LogP contribution in [0.3, 0.4) is 0 Å². The molecule has 0 aliphatic carbocycles. The summed E-state index contributed by atoms with van der Waals surface area (Å²) in [5.74, 6) is 0. The van der Waals surface area contributed by atoms with E-state index in [1.807, 2.05) is 0 Å². The molecule has 0 aliphatic heterocycles. The maximum absolute atomic E-state index is 2.45. The standard InChI is InChI=1S/C14H25NSi/c1-12(16(4,5)6)14-10-8-7-9-13(14)11-15(2)3/h7-10,12H,11H2,1-6H3/t12-/m1/s1. The van der Waals surface area contributed by atoms with Crippen LogP contribution in [0.4, 0.5) is 0 Å². The van der Waals surface area contributed by atoms with Crippen LogP contribution >= 0.6 is 0 Å². The highest BCUT2D eigenvalue weighted by Gasteiger charge is 2.25. The Kier molecular flexibility index (Phi) is 4.33. The molecule has 0 saturated carbocycles. The third-order valence-corrected chi connectivity index (χ3v) is 6.22. The zero-order chi connectivity index (χ0) is 12.3. The van der Waals surface area contributed by atoms with E-state index in [0.29, 0.717) is 0 Å². The highest BCUT2D eigenvalue weighted by Crippen LogP contribution is 2.29. The number of nitrogens with zero attached hydrogens (tertiary/aromatic N) is 1. The summed E-state index contributed by atoms with van der Waals surface area (Å²) in [5, 5.41) is 0. The lowest BCUT2D eigenvalue weighted by Gasteiger charge is -2.28. The van der Waals surface area contributed by atoms with Gasteiger partial charge in [-0.15, -0.1) is 0 Å². The first-order chi connectivity index (χ1) is 7.32. The van der Waals surface area contributed by atoms with Crippen LogP contribution in [0.1, 0.15) is 23.6 Å². The second-order valence-corrected chi connectivity index (χ2v) is 11.6. The zero-order valence-electron chi connectivity index (χ0n) is 11.5. The Bertz CT molecular complexity index is 339. The van der Waals surface area contributed by atoms with E-state index in [1.165, 1.54) is 5.56 Å². The third kappa shape index (κ3) is 3.46. The third-order valence-electron chi connectivity index (χ3n) is 3.31. The van der Waals surface area contributed by atoms with Gasteiger partial charge in [0.15, 0.2) is 0 Å². The van der Waals surface area contributed by atoms with Crippen molar-refractivity contribution in [2.45, 2.75) is 38.7 Å². The molecule has 0 heterocycles. The van der Waals surface area contributed by atoms with Gasteiger partial charge in [-0.3, -0.25) is 0 Å². The van der Waals surface area contributed by atoms with Gasteiger partial charge in [-0.25, -0.2) is 0 Å². The number of hydrogen-bond donors (Lipinski definition) is 0. The van der Waals surface area contributed by atoms with Crippen LogP contribution < -0.4 is 0 Å². The van der Waals surface area contributed by atoms with Crippen LogP contribution in [0.2, 0.25) is 19.6 Å². The van der Waals surface area contributed by atoms with E-state index in [1.54, 1.807) is 5.56 Å². The van der Waals surface area contributed by atoms with E-state index in [4.69, 9.17) is 0 Å². The smallest absolute Gasteiger partial charge is 0.0518 e. The SMILES string of the molecule is C[C@H](c1ccccc1CN(C)C)[Si](C)(C)C. The van der Waals surface area contributed by atoms with Crippen LogP contribution in [0, 0.1) is 0 Å². The summed E-state index contributed by atoms with van der Waals surface area (Å²) < 4.78 is 0. The van der Waals surface area contributed by atoms with Gasteiger partial charge in [-0.1, -0.05) is 50.8 Å². The zero-order valence-corrected chi connectivity index (χ0v) is 12.5. The van der Waals surface area contributed by atoms with Crippen LogP contribution in [-0.2, 0) is 6.54 Å². The molecule has 1 aromatic carbocycles. The van der Waals surface area contributed by atoms with Crippen LogP contribution in [0.5, 0.6) is 0 Å². The quantitative estimate of drug-likeness (QED) is 0.719. The Morgan fingerprint density at radius 1 is 1.12 bits per heavy atom. The molecule has 16 heavy (non-hydrogen) atoms. The van der Waals surface area contributed by atoms with Gasteiger partial charge in [0.1, 0.15) is 0 Å². The summed E-state index contributed by atoms with van der Waals surface area (Å²) in [4.78, 5) is 2.25. The van der Waals surface area contributed by atoms with Crippen molar-refractivity contribution in [3.63, 3.8) is 0 Å². The van der Waals surface area contributed by atoms with E-state index < -0.39 is 8.07 Å². The van der Waals surface area contributed by atoms with E-state index >= 15 is 0 Å². The average Bonchev–Trinajstić information content (AvgIpc) is 2.15. The Morgan fingerprint density at radius 3 is 2.19 bits per heavy atom. The summed E-state index contributed by atoms with van der Waals surface area (Å²) in [6.45, 7) is 10.8. The van der Waals surface area contributed by atoms with Crippen molar-refractivity contribution in [2.24, 2.45) is 0 Å². The Hall–Kier alpha value is -0.603. The maximum Gasteiger partial charge on any atom is 0.0518 e. The van der Waals surface area contributed by atoms with Gasteiger partial charge in [0.2, 0.25) is 0 Å². The lowest BCUT2D eigenvalue weighted by atomic mass is 10.0. The first kappa shape index (κ1) is 13.5. The molecule has 0 unspecified atom stereocenters. The van der Waals surface area contributed by atoms with E-state index in [-0.39, 0.29) is 0 Å². The summed E-state index contributed by atoms with van der Waals surface area (Å²) in [7, 11) is 3.17. The Balaban J connectivity index is 3.03. The van der Waals surface area contributed by atoms with Crippen molar-refractivity contribution in [1.82, 2.24) is 4.90 Å². The lowest BCUT2D eigenvalue weighted by Crippen LogP contribution is -2.30. The van der Waals surface area contributed by atoms with Crippen molar-refractivity contribution >= 4 is 8.07 Å². The van der Waals surface area contributed by atoms with Gasteiger partial charge in [-0.2, -0.15) is 0 Å². The van der Waals surface area contributed by atoms with Gasteiger partial charge >= 0.3 is 0 Å². The van der Waals surface area contributed by atoms with Crippen molar-refractivity contribution < 1.29 is 0 Å². The first-order valence-corrected chi connectivity index (χ1v) is 9.62. The lowest BCUT2D eigenvalue weighted by molar-refractivity contribution is 0.401. The second kappa shape index (κ2) is 5.15. The summed E-state index contributed by atoms with van der Waals surface area (Å²) >= 11 is 0. The molecule has 90 valence electrons. The first-order valence-electron chi connectivity index (χ1n) is 6.05. The van der Waals surface area contributed by atoms with Gasteiger partial charge < -0.3 is 4.90 Å². The highest BCUT2D eigenvalue weighted by atomic mass is 28.3. The summed E-state index contributed by atoms with van der Waals surface area (Å²) in [6.07, 6.45) is 0. The maximum atomic E-state index is 2.45. The van der Waals surface area contributed by atoms with Crippen molar-refractivity contribution in [3.05, 3.63) is 35.4 Å². The molecule has 1 rings (SSSR count). The molecular weight excluding hydrogens is 210 g/mol. The molecule has 0 amide bonds. The van der Waals surface area contributed by atoms with Crippen LogP contribution in [-0.4, -0.2) is 27.1 Å². The minimum Gasteiger partial charge on any atom is -0.305 e.